The Labute approximate surface area is 97.4 Å². The van der Waals surface area contributed by atoms with Crippen LogP contribution in [0.25, 0.3) is 0 Å². The van der Waals surface area contributed by atoms with Crippen molar-refractivity contribution < 1.29 is 8.78 Å². The molecule has 1 rings (SSSR count). The fourth-order valence-electron chi connectivity index (χ4n) is 1.78. The van der Waals surface area contributed by atoms with Crippen molar-refractivity contribution in [2.45, 2.75) is 51.0 Å². The Morgan fingerprint density at radius 3 is 2.50 bits per heavy atom. The summed E-state index contributed by atoms with van der Waals surface area (Å²) in [5.41, 5.74) is 0. The van der Waals surface area contributed by atoms with E-state index in [0.717, 1.165) is 32.0 Å². The minimum atomic E-state index is -2.20. The van der Waals surface area contributed by atoms with Gasteiger partial charge >= 0.3 is 0 Å². The summed E-state index contributed by atoms with van der Waals surface area (Å²) < 4.78 is 24.0. The molecule has 2 nitrogen and oxygen atoms in total. The number of hydrogen-bond acceptors (Lipinski definition) is 2. The van der Waals surface area contributed by atoms with E-state index in [1.807, 2.05) is 0 Å². The summed E-state index contributed by atoms with van der Waals surface area (Å²) in [4.78, 5) is 1.72. The van der Waals surface area contributed by atoms with Crippen LogP contribution in [0.1, 0.15) is 38.5 Å². The minimum Gasteiger partial charge on any atom is -0.314 e. The highest BCUT2D eigenvalue weighted by Gasteiger charge is 2.19. The van der Waals surface area contributed by atoms with Crippen molar-refractivity contribution >= 4 is 0 Å². The summed E-state index contributed by atoms with van der Waals surface area (Å²) in [6, 6.07) is 0.803. The number of unbranched alkanes of at least 4 members (excludes halogenated alkanes) is 3. The van der Waals surface area contributed by atoms with Gasteiger partial charge in [0.2, 0.25) is 0 Å². The van der Waals surface area contributed by atoms with Crippen LogP contribution in [-0.4, -0.2) is 44.0 Å². The second-order valence-electron chi connectivity index (χ2n) is 4.80. The summed E-state index contributed by atoms with van der Waals surface area (Å²) in [6.07, 6.45) is 5.11. The third kappa shape index (κ3) is 7.99. The van der Waals surface area contributed by atoms with Gasteiger partial charge in [0, 0.05) is 6.04 Å². The first-order valence-electron chi connectivity index (χ1n) is 6.38. The molecule has 1 aliphatic rings. The zero-order valence-corrected chi connectivity index (χ0v) is 10.2. The lowest BCUT2D eigenvalue weighted by Crippen LogP contribution is -2.25. The average molecular weight is 234 g/mol. The highest BCUT2D eigenvalue weighted by atomic mass is 19.3. The molecule has 96 valence electrons. The van der Waals surface area contributed by atoms with Gasteiger partial charge in [-0.3, -0.25) is 0 Å². The van der Waals surface area contributed by atoms with Crippen molar-refractivity contribution in [2.75, 3.05) is 26.7 Å². The van der Waals surface area contributed by atoms with Crippen LogP contribution in [0.5, 0.6) is 0 Å². The van der Waals surface area contributed by atoms with Crippen LogP contribution in [0.2, 0.25) is 0 Å². The van der Waals surface area contributed by atoms with Gasteiger partial charge in [-0.1, -0.05) is 12.8 Å². The van der Waals surface area contributed by atoms with Gasteiger partial charge in [0.1, 0.15) is 0 Å². The first-order chi connectivity index (χ1) is 7.68. The van der Waals surface area contributed by atoms with Crippen LogP contribution >= 0.6 is 0 Å². The van der Waals surface area contributed by atoms with Crippen LogP contribution in [0.15, 0.2) is 0 Å². The molecule has 0 aromatic carbocycles. The van der Waals surface area contributed by atoms with Gasteiger partial charge in [-0.05, 0) is 45.8 Å². The summed E-state index contributed by atoms with van der Waals surface area (Å²) in [6.45, 7) is 1.82. The smallest absolute Gasteiger partial charge is 0.251 e. The van der Waals surface area contributed by atoms with Crippen LogP contribution in [0.4, 0.5) is 8.78 Å². The van der Waals surface area contributed by atoms with Gasteiger partial charge in [-0.15, -0.1) is 0 Å². The molecule has 1 fully saturated rings. The molecule has 0 aromatic heterocycles. The molecule has 0 unspecified atom stereocenters. The number of alkyl halides is 2. The number of hydrogen-bond donors (Lipinski definition) is 1. The second-order valence-corrected chi connectivity index (χ2v) is 4.80. The van der Waals surface area contributed by atoms with E-state index in [1.165, 1.54) is 25.7 Å². The van der Waals surface area contributed by atoms with Crippen LogP contribution in [0.3, 0.4) is 0 Å². The fraction of sp³-hybridized carbons (Fsp3) is 1.00. The Hall–Kier alpha value is -0.220. The molecule has 4 heteroatoms. The maximum atomic E-state index is 12.0. The topological polar surface area (TPSA) is 15.3 Å². The number of nitrogens with zero attached hydrogens (tertiary/aromatic N) is 1. The lowest BCUT2D eigenvalue weighted by Gasteiger charge is -2.15. The molecular weight excluding hydrogens is 210 g/mol. The Morgan fingerprint density at radius 1 is 1.19 bits per heavy atom. The van der Waals surface area contributed by atoms with Gasteiger partial charge in [0.25, 0.3) is 6.43 Å². The van der Waals surface area contributed by atoms with Crippen LogP contribution in [0, 0.1) is 0 Å². The Balaban J connectivity index is 1.76. The summed E-state index contributed by atoms with van der Waals surface area (Å²) >= 11 is 0. The summed E-state index contributed by atoms with van der Waals surface area (Å²) in [5, 5.41) is 3.47. The molecule has 0 bridgehead atoms. The third-order valence-corrected chi connectivity index (χ3v) is 2.93. The molecule has 0 aliphatic heterocycles. The third-order valence-electron chi connectivity index (χ3n) is 2.93. The molecule has 0 saturated heterocycles. The van der Waals surface area contributed by atoms with Gasteiger partial charge in [-0.25, -0.2) is 8.78 Å². The van der Waals surface area contributed by atoms with E-state index in [-0.39, 0.29) is 6.54 Å². The van der Waals surface area contributed by atoms with E-state index in [9.17, 15) is 8.78 Å². The monoisotopic (exact) mass is 234 g/mol. The van der Waals surface area contributed by atoms with Crippen LogP contribution in [-0.2, 0) is 0 Å². The molecule has 0 atom stereocenters. The van der Waals surface area contributed by atoms with Crippen molar-refractivity contribution in [2.24, 2.45) is 0 Å². The van der Waals surface area contributed by atoms with E-state index in [1.54, 1.807) is 11.9 Å². The molecule has 0 radical (unpaired) electrons. The molecule has 0 heterocycles. The lowest BCUT2D eigenvalue weighted by molar-refractivity contribution is 0.0995. The van der Waals surface area contributed by atoms with Crippen molar-refractivity contribution in [3.05, 3.63) is 0 Å². The summed E-state index contributed by atoms with van der Waals surface area (Å²) in [5.74, 6) is 0. The fourth-order valence-corrected chi connectivity index (χ4v) is 1.78. The first-order valence-corrected chi connectivity index (χ1v) is 6.38. The highest BCUT2D eigenvalue weighted by Crippen LogP contribution is 2.18. The molecule has 1 N–H and O–H groups in total. The maximum Gasteiger partial charge on any atom is 0.251 e. The van der Waals surface area contributed by atoms with Gasteiger partial charge in [0.15, 0.2) is 0 Å². The Kier molecular flexibility index (Phi) is 6.88. The van der Waals surface area contributed by atoms with E-state index < -0.39 is 6.43 Å². The van der Waals surface area contributed by atoms with Crippen molar-refractivity contribution in [1.29, 1.82) is 0 Å². The summed E-state index contributed by atoms with van der Waals surface area (Å²) in [7, 11) is 1.76. The zero-order valence-electron chi connectivity index (χ0n) is 10.2. The van der Waals surface area contributed by atoms with Crippen molar-refractivity contribution in [3.63, 3.8) is 0 Å². The van der Waals surface area contributed by atoms with Crippen molar-refractivity contribution in [1.82, 2.24) is 10.2 Å². The van der Waals surface area contributed by atoms with Crippen LogP contribution < -0.4 is 5.32 Å². The largest absolute Gasteiger partial charge is 0.314 e. The minimum absolute atomic E-state index is 0.0940. The van der Waals surface area contributed by atoms with E-state index in [4.69, 9.17) is 0 Å². The zero-order chi connectivity index (χ0) is 11.8. The normalized spacial score (nSPS) is 16.3. The highest BCUT2D eigenvalue weighted by molar-refractivity contribution is 4.80. The van der Waals surface area contributed by atoms with E-state index >= 15 is 0 Å². The van der Waals surface area contributed by atoms with Gasteiger partial charge in [0.05, 0.1) is 6.54 Å². The lowest BCUT2D eigenvalue weighted by atomic mass is 10.2. The number of rotatable bonds is 10. The number of halogens is 2. The number of nitrogens with one attached hydrogen (secondary N) is 1. The molecule has 1 saturated carbocycles. The van der Waals surface area contributed by atoms with Gasteiger partial charge < -0.3 is 10.2 Å². The van der Waals surface area contributed by atoms with Crippen molar-refractivity contribution in [3.8, 4) is 0 Å². The molecule has 0 spiro atoms. The predicted octanol–water partition coefficient (Wildman–Crippen LogP) is 2.50. The molecule has 16 heavy (non-hydrogen) atoms. The van der Waals surface area contributed by atoms with E-state index in [2.05, 4.69) is 5.32 Å². The quantitative estimate of drug-likeness (QED) is 0.584. The molecule has 0 aromatic rings. The molecular formula is C12H24F2N2. The maximum absolute atomic E-state index is 12.0. The standard InChI is InChI=1S/C12H24F2N2/c1-16(10-12(13)14)9-5-3-2-4-8-15-11-6-7-11/h11-12,15H,2-10H2,1H3. The van der Waals surface area contributed by atoms with E-state index in [0.29, 0.717) is 0 Å². The molecule has 1 aliphatic carbocycles. The Bertz CT molecular complexity index is 172. The van der Waals surface area contributed by atoms with Gasteiger partial charge in [-0.2, -0.15) is 0 Å². The Morgan fingerprint density at radius 2 is 1.88 bits per heavy atom. The predicted molar refractivity (Wildman–Crippen MR) is 63.0 cm³/mol. The first kappa shape index (κ1) is 13.8. The SMILES string of the molecule is CN(CCCCCCNC1CC1)CC(F)F. The average Bonchev–Trinajstić information content (AvgIpc) is 2.99. The second kappa shape index (κ2) is 7.96. The molecule has 0 amide bonds.